The van der Waals surface area contributed by atoms with Crippen LogP contribution in [0.2, 0.25) is 0 Å². The van der Waals surface area contributed by atoms with E-state index in [2.05, 4.69) is 6.07 Å². The minimum Gasteiger partial charge on any atom is -0.339 e. The van der Waals surface area contributed by atoms with Crippen LogP contribution in [-0.2, 0) is 4.79 Å². The SMILES string of the molecule is N#Cc1ccc(/C=C/C(=O)N2CCCCCC2)cc1. The minimum absolute atomic E-state index is 0.0891. The number of nitriles is 1. The van der Waals surface area contributed by atoms with Crippen LogP contribution in [0.3, 0.4) is 0 Å². The van der Waals surface area contributed by atoms with Crippen LogP contribution >= 0.6 is 0 Å². The monoisotopic (exact) mass is 254 g/mol. The third kappa shape index (κ3) is 3.96. The predicted octanol–water partition coefficient (Wildman–Crippen LogP) is 2.97. The third-order valence-electron chi connectivity index (χ3n) is 3.38. The highest BCUT2D eigenvalue weighted by atomic mass is 16.2. The third-order valence-corrected chi connectivity index (χ3v) is 3.38. The molecule has 1 fully saturated rings. The van der Waals surface area contributed by atoms with E-state index in [0.29, 0.717) is 5.56 Å². The van der Waals surface area contributed by atoms with Crippen molar-refractivity contribution in [2.45, 2.75) is 25.7 Å². The van der Waals surface area contributed by atoms with Crippen LogP contribution in [0.15, 0.2) is 30.3 Å². The summed E-state index contributed by atoms with van der Waals surface area (Å²) in [6.07, 6.45) is 8.11. The second-order valence-electron chi connectivity index (χ2n) is 4.81. The van der Waals surface area contributed by atoms with Crippen LogP contribution in [0.4, 0.5) is 0 Å². The molecule has 0 aromatic heterocycles. The van der Waals surface area contributed by atoms with Gasteiger partial charge in [-0.1, -0.05) is 25.0 Å². The zero-order chi connectivity index (χ0) is 13.5. The molecule has 2 rings (SSSR count). The van der Waals surface area contributed by atoms with Crippen LogP contribution in [0.25, 0.3) is 6.08 Å². The lowest BCUT2D eigenvalue weighted by Crippen LogP contribution is -2.30. The minimum atomic E-state index is 0.0891. The number of carbonyl (C=O) groups excluding carboxylic acids is 1. The van der Waals surface area contributed by atoms with Crippen molar-refractivity contribution >= 4 is 12.0 Å². The number of benzene rings is 1. The Bertz CT molecular complexity index is 488. The summed E-state index contributed by atoms with van der Waals surface area (Å²) in [5.41, 5.74) is 1.58. The average molecular weight is 254 g/mol. The molecule has 1 heterocycles. The van der Waals surface area contributed by atoms with Gasteiger partial charge in [0, 0.05) is 19.2 Å². The summed E-state index contributed by atoms with van der Waals surface area (Å²) in [6, 6.07) is 9.30. The molecule has 1 aromatic rings. The molecular formula is C16H18N2O. The van der Waals surface area contributed by atoms with Crippen LogP contribution in [-0.4, -0.2) is 23.9 Å². The van der Waals surface area contributed by atoms with Crippen LogP contribution in [0.1, 0.15) is 36.8 Å². The Balaban J connectivity index is 1.96. The van der Waals surface area contributed by atoms with Gasteiger partial charge in [0.25, 0.3) is 0 Å². The molecule has 1 aromatic carbocycles. The topological polar surface area (TPSA) is 44.1 Å². The first kappa shape index (κ1) is 13.4. The molecule has 98 valence electrons. The molecule has 0 radical (unpaired) electrons. The highest BCUT2D eigenvalue weighted by Gasteiger charge is 2.12. The van der Waals surface area contributed by atoms with Crippen molar-refractivity contribution < 1.29 is 4.79 Å². The lowest BCUT2D eigenvalue weighted by Gasteiger charge is -2.17. The lowest BCUT2D eigenvalue weighted by molar-refractivity contribution is -0.125. The molecule has 3 nitrogen and oxygen atoms in total. The Labute approximate surface area is 114 Å². The van der Waals surface area contributed by atoms with Crippen molar-refractivity contribution in [2.75, 3.05) is 13.1 Å². The fraction of sp³-hybridized carbons (Fsp3) is 0.375. The van der Waals surface area contributed by atoms with Crippen LogP contribution in [0, 0.1) is 11.3 Å². The van der Waals surface area contributed by atoms with E-state index in [1.54, 1.807) is 18.2 Å². The van der Waals surface area contributed by atoms with Gasteiger partial charge < -0.3 is 4.90 Å². The van der Waals surface area contributed by atoms with Gasteiger partial charge in [0.15, 0.2) is 0 Å². The number of nitrogens with zero attached hydrogens (tertiary/aromatic N) is 2. The molecule has 0 saturated carbocycles. The van der Waals surface area contributed by atoms with Gasteiger partial charge in [-0.3, -0.25) is 4.79 Å². The lowest BCUT2D eigenvalue weighted by atomic mass is 10.1. The van der Waals surface area contributed by atoms with Gasteiger partial charge in [-0.05, 0) is 36.6 Å². The second kappa shape index (κ2) is 6.75. The van der Waals surface area contributed by atoms with E-state index in [-0.39, 0.29) is 5.91 Å². The summed E-state index contributed by atoms with van der Waals surface area (Å²) in [4.78, 5) is 14.0. The molecule has 0 N–H and O–H groups in total. The Morgan fingerprint density at radius 3 is 2.32 bits per heavy atom. The van der Waals surface area contributed by atoms with Gasteiger partial charge in [-0.15, -0.1) is 0 Å². The number of likely N-dealkylation sites (tertiary alicyclic amines) is 1. The summed E-state index contributed by atoms with van der Waals surface area (Å²) < 4.78 is 0. The van der Waals surface area contributed by atoms with Crippen molar-refractivity contribution in [3.05, 3.63) is 41.5 Å². The maximum atomic E-state index is 12.0. The second-order valence-corrected chi connectivity index (χ2v) is 4.81. The molecule has 1 saturated heterocycles. The fourth-order valence-corrected chi connectivity index (χ4v) is 2.23. The van der Waals surface area contributed by atoms with E-state index in [9.17, 15) is 4.79 Å². The van der Waals surface area contributed by atoms with E-state index < -0.39 is 0 Å². The van der Waals surface area contributed by atoms with Gasteiger partial charge in [0.2, 0.25) is 5.91 Å². The number of amides is 1. The van der Waals surface area contributed by atoms with Crippen molar-refractivity contribution in [3.63, 3.8) is 0 Å². The summed E-state index contributed by atoms with van der Waals surface area (Å²) >= 11 is 0. The molecule has 3 heteroatoms. The summed E-state index contributed by atoms with van der Waals surface area (Å²) in [6.45, 7) is 1.74. The Hall–Kier alpha value is -2.08. The van der Waals surface area contributed by atoms with Crippen LogP contribution < -0.4 is 0 Å². The molecule has 19 heavy (non-hydrogen) atoms. The molecule has 1 amide bonds. The van der Waals surface area contributed by atoms with E-state index in [1.165, 1.54) is 12.8 Å². The van der Waals surface area contributed by atoms with Gasteiger partial charge >= 0.3 is 0 Å². The summed E-state index contributed by atoms with van der Waals surface area (Å²) in [7, 11) is 0. The molecule has 0 aliphatic carbocycles. The van der Waals surface area contributed by atoms with E-state index in [1.807, 2.05) is 23.1 Å². The van der Waals surface area contributed by atoms with Crippen LogP contribution in [0.5, 0.6) is 0 Å². The summed E-state index contributed by atoms with van der Waals surface area (Å²) in [5.74, 6) is 0.0891. The predicted molar refractivity (Wildman–Crippen MR) is 75.2 cm³/mol. The fourth-order valence-electron chi connectivity index (χ4n) is 2.23. The van der Waals surface area contributed by atoms with E-state index >= 15 is 0 Å². The van der Waals surface area contributed by atoms with Crippen molar-refractivity contribution in [1.82, 2.24) is 4.90 Å². The number of carbonyl (C=O) groups is 1. The largest absolute Gasteiger partial charge is 0.339 e. The normalized spacial score (nSPS) is 16.1. The maximum absolute atomic E-state index is 12.0. The highest BCUT2D eigenvalue weighted by molar-refractivity contribution is 5.91. The smallest absolute Gasteiger partial charge is 0.246 e. The summed E-state index contributed by atoms with van der Waals surface area (Å²) in [5, 5.41) is 8.71. The first-order valence-electron chi connectivity index (χ1n) is 6.77. The average Bonchev–Trinajstić information content (AvgIpc) is 2.74. The number of hydrogen-bond acceptors (Lipinski definition) is 2. The molecule has 0 spiro atoms. The molecule has 0 atom stereocenters. The van der Waals surface area contributed by atoms with Gasteiger partial charge in [-0.2, -0.15) is 5.26 Å². The first-order valence-corrected chi connectivity index (χ1v) is 6.77. The van der Waals surface area contributed by atoms with Gasteiger partial charge in [0.1, 0.15) is 0 Å². The van der Waals surface area contributed by atoms with E-state index in [4.69, 9.17) is 5.26 Å². The maximum Gasteiger partial charge on any atom is 0.246 e. The highest BCUT2D eigenvalue weighted by Crippen LogP contribution is 2.11. The molecule has 1 aliphatic heterocycles. The first-order chi connectivity index (χ1) is 9.29. The Kier molecular flexibility index (Phi) is 4.74. The van der Waals surface area contributed by atoms with E-state index in [0.717, 1.165) is 31.5 Å². The van der Waals surface area contributed by atoms with Gasteiger partial charge in [0.05, 0.1) is 11.6 Å². The number of hydrogen-bond donors (Lipinski definition) is 0. The van der Waals surface area contributed by atoms with Gasteiger partial charge in [-0.25, -0.2) is 0 Å². The zero-order valence-corrected chi connectivity index (χ0v) is 11.0. The number of rotatable bonds is 2. The standard InChI is InChI=1S/C16H18N2O/c17-13-15-7-5-14(6-8-15)9-10-16(19)18-11-3-1-2-4-12-18/h5-10H,1-4,11-12H2/b10-9+. The van der Waals surface area contributed by atoms with Crippen molar-refractivity contribution in [2.24, 2.45) is 0 Å². The quantitative estimate of drug-likeness (QED) is 0.761. The molecule has 0 unspecified atom stereocenters. The zero-order valence-electron chi connectivity index (χ0n) is 11.0. The Morgan fingerprint density at radius 2 is 1.74 bits per heavy atom. The van der Waals surface area contributed by atoms with Crippen molar-refractivity contribution in [3.8, 4) is 6.07 Å². The Morgan fingerprint density at radius 1 is 1.11 bits per heavy atom. The molecular weight excluding hydrogens is 236 g/mol. The molecule has 0 bridgehead atoms. The van der Waals surface area contributed by atoms with Crippen molar-refractivity contribution in [1.29, 1.82) is 5.26 Å². The molecule has 1 aliphatic rings.